The number of para-hydroxylation sites is 1. The summed E-state index contributed by atoms with van der Waals surface area (Å²) in [6, 6.07) is 23.5. The van der Waals surface area contributed by atoms with Crippen molar-refractivity contribution in [3.8, 4) is 6.07 Å². The number of nitrogens with one attached hydrogen (secondary N) is 1. The number of fused-ring (bicyclic) bond motifs is 1. The van der Waals surface area contributed by atoms with Crippen LogP contribution in [0, 0.1) is 11.3 Å². The Kier molecular flexibility index (Phi) is 7.38. The zero-order valence-corrected chi connectivity index (χ0v) is 22.0. The first-order valence-corrected chi connectivity index (χ1v) is 13.0. The maximum absolute atomic E-state index is 13.2. The minimum atomic E-state index is -0.597. The van der Waals surface area contributed by atoms with Crippen LogP contribution in [0.25, 0.3) is 17.0 Å². The third kappa shape index (κ3) is 5.38. The van der Waals surface area contributed by atoms with E-state index in [4.69, 9.17) is 23.2 Å². The van der Waals surface area contributed by atoms with Gasteiger partial charge in [0.1, 0.15) is 11.6 Å². The zero-order valence-electron chi connectivity index (χ0n) is 19.7. The van der Waals surface area contributed by atoms with Crippen molar-refractivity contribution in [3.63, 3.8) is 0 Å². The van der Waals surface area contributed by atoms with E-state index in [1.165, 1.54) is 22.0 Å². The molecule has 3 aromatic carbocycles. The number of anilines is 1. The summed E-state index contributed by atoms with van der Waals surface area (Å²) >= 11 is 13.6. The fourth-order valence-corrected chi connectivity index (χ4v) is 5.20. The molecule has 9 heteroatoms. The van der Waals surface area contributed by atoms with E-state index in [1.807, 2.05) is 36.4 Å². The first kappa shape index (κ1) is 25.4. The molecule has 0 saturated heterocycles. The van der Waals surface area contributed by atoms with Gasteiger partial charge >= 0.3 is 0 Å². The molecule has 0 radical (unpaired) electrons. The van der Waals surface area contributed by atoms with Gasteiger partial charge in [-0.3, -0.25) is 19.5 Å². The Morgan fingerprint density at radius 2 is 1.82 bits per heavy atom. The monoisotopic (exact) mass is 556 g/mol. The molecule has 0 fully saturated rings. The number of aromatic nitrogens is 2. The highest BCUT2D eigenvalue weighted by molar-refractivity contribution is 7.15. The van der Waals surface area contributed by atoms with Gasteiger partial charge in [0.2, 0.25) is 0 Å². The van der Waals surface area contributed by atoms with E-state index >= 15 is 0 Å². The van der Waals surface area contributed by atoms with E-state index in [2.05, 4.69) is 10.3 Å². The van der Waals surface area contributed by atoms with Gasteiger partial charge in [-0.05, 0) is 48.0 Å². The summed E-state index contributed by atoms with van der Waals surface area (Å²) in [5.74, 6) is -0.806. The molecule has 0 aliphatic rings. The van der Waals surface area contributed by atoms with E-state index in [-0.39, 0.29) is 11.5 Å². The number of nitrogens with zero attached hydrogens (tertiary/aromatic N) is 3. The molecule has 1 amide bonds. The smallest absolute Gasteiger partial charge is 0.268 e. The molecule has 0 saturated carbocycles. The molecule has 1 N–H and O–H groups in total. The molecule has 38 heavy (non-hydrogen) atoms. The quantitative estimate of drug-likeness (QED) is 0.176. The number of amides is 1. The van der Waals surface area contributed by atoms with Crippen LogP contribution in [0.5, 0.6) is 0 Å². The van der Waals surface area contributed by atoms with Crippen molar-refractivity contribution in [2.45, 2.75) is 6.42 Å². The lowest BCUT2D eigenvalue weighted by Gasteiger charge is -2.03. The van der Waals surface area contributed by atoms with Gasteiger partial charge in [0.15, 0.2) is 5.13 Å². The Hall–Kier alpha value is -4.22. The van der Waals surface area contributed by atoms with Crippen LogP contribution in [0.1, 0.15) is 26.4 Å². The predicted molar refractivity (Wildman–Crippen MR) is 152 cm³/mol. The minimum absolute atomic E-state index is 0.116. The lowest BCUT2D eigenvalue weighted by Crippen LogP contribution is -2.13. The number of nitriles is 1. The Morgan fingerprint density at radius 1 is 1.05 bits per heavy atom. The second kappa shape index (κ2) is 11.0. The van der Waals surface area contributed by atoms with Crippen LogP contribution in [-0.4, -0.2) is 21.4 Å². The lowest BCUT2D eigenvalue weighted by molar-refractivity contribution is -0.112. The number of hydrogen-bond acceptors (Lipinski definition) is 5. The van der Waals surface area contributed by atoms with Crippen molar-refractivity contribution < 1.29 is 9.59 Å². The standard InChI is InChI=1S/C29H18Cl2N4O2S/c30-22-10-11-25(31)19(13-22)14-23-16-33-29(38-23)34-27(36)20(15-32)12-21-17-35(26-9-5-4-8-24(21)26)28(37)18-6-2-1-3-7-18/h1-13,16-17H,14H2,(H,33,34,36)/b20-12+. The zero-order chi connectivity index (χ0) is 26.6. The second-order valence-electron chi connectivity index (χ2n) is 8.31. The lowest BCUT2D eigenvalue weighted by atomic mass is 10.1. The molecule has 6 nitrogen and oxygen atoms in total. The van der Waals surface area contributed by atoms with Gasteiger partial charge in [-0.15, -0.1) is 11.3 Å². The van der Waals surface area contributed by atoms with E-state index in [1.54, 1.807) is 54.9 Å². The summed E-state index contributed by atoms with van der Waals surface area (Å²) < 4.78 is 1.53. The molecule has 0 spiro atoms. The van der Waals surface area contributed by atoms with Crippen LogP contribution in [0.2, 0.25) is 10.0 Å². The number of hydrogen-bond donors (Lipinski definition) is 1. The number of rotatable bonds is 6. The molecular weight excluding hydrogens is 539 g/mol. The van der Waals surface area contributed by atoms with Gasteiger partial charge in [-0.1, -0.05) is 59.6 Å². The molecule has 2 heterocycles. The average molecular weight is 557 g/mol. The fourth-order valence-electron chi connectivity index (χ4n) is 3.99. The summed E-state index contributed by atoms with van der Waals surface area (Å²) in [5, 5.41) is 14.7. The van der Waals surface area contributed by atoms with Gasteiger partial charge in [0.25, 0.3) is 11.8 Å². The number of carbonyl (C=O) groups excluding carboxylic acids is 2. The summed E-state index contributed by atoms with van der Waals surface area (Å²) in [6.07, 6.45) is 5.27. The molecule has 5 aromatic rings. The maximum atomic E-state index is 13.2. The number of carbonyl (C=O) groups is 2. The van der Waals surface area contributed by atoms with Gasteiger partial charge in [-0.2, -0.15) is 5.26 Å². The van der Waals surface area contributed by atoms with E-state index in [0.717, 1.165) is 15.8 Å². The van der Waals surface area contributed by atoms with Gasteiger partial charge in [-0.25, -0.2) is 4.98 Å². The Bertz CT molecular complexity index is 1750. The third-order valence-electron chi connectivity index (χ3n) is 5.79. The molecule has 0 atom stereocenters. The number of halogens is 2. The van der Waals surface area contributed by atoms with E-state index in [9.17, 15) is 14.9 Å². The van der Waals surface area contributed by atoms with E-state index in [0.29, 0.717) is 38.2 Å². The highest BCUT2D eigenvalue weighted by atomic mass is 35.5. The van der Waals surface area contributed by atoms with Gasteiger partial charge < -0.3 is 0 Å². The molecule has 0 unspecified atom stereocenters. The number of thiazole rings is 1. The first-order chi connectivity index (χ1) is 18.4. The summed E-state index contributed by atoms with van der Waals surface area (Å²) in [4.78, 5) is 31.3. The Labute approximate surface area is 232 Å². The molecule has 0 bridgehead atoms. The van der Waals surface area contributed by atoms with Crippen molar-refractivity contribution in [1.29, 1.82) is 5.26 Å². The van der Waals surface area contributed by atoms with Crippen molar-refractivity contribution in [2.24, 2.45) is 0 Å². The van der Waals surface area contributed by atoms with Crippen LogP contribution in [0.15, 0.2) is 90.8 Å². The highest BCUT2D eigenvalue weighted by Crippen LogP contribution is 2.28. The van der Waals surface area contributed by atoms with E-state index < -0.39 is 5.91 Å². The molecule has 0 aliphatic heterocycles. The van der Waals surface area contributed by atoms with Crippen molar-refractivity contribution in [2.75, 3.05) is 5.32 Å². The molecule has 2 aromatic heterocycles. The SMILES string of the molecule is N#C/C(=C\c1cn(C(=O)c2ccccc2)c2ccccc12)C(=O)Nc1ncc(Cc2cc(Cl)ccc2Cl)s1. The van der Waals surface area contributed by atoms with Gasteiger partial charge in [0, 0.05) is 50.3 Å². The number of benzene rings is 3. The summed E-state index contributed by atoms with van der Waals surface area (Å²) in [5.41, 5.74) is 2.51. The Balaban J connectivity index is 1.39. The van der Waals surface area contributed by atoms with Crippen LogP contribution < -0.4 is 5.32 Å². The molecule has 0 aliphatic carbocycles. The summed E-state index contributed by atoms with van der Waals surface area (Å²) in [6.45, 7) is 0. The normalized spacial score (nSPS) is 11.3. The Morgan fingerprint density at radius 3 is 2.61 bits per heavy atom. The maximum Gasteiger partial charge on any atom is 0.268 e. The predicted octanol–water partition coefficient (Wildman–Crippen LogP) is 7.23. The topological polar surface area (TPSA) is 87.8 Å². The van der Waals surface area contributed by atoms with Crippen LogP contribution in [0.3, 0.4) is 0 Å². The fraction of sp³-hybridized carbons (Fsp3) is 0.0345. The van der Waals surface area contributed by atoms with Crippen molar-refractivity contribution in [1.82, 2.24) is 9.55 Å². The van der Waals surface area contributed by atoms with Crippen molar-refractivity contribution in [3.05, 3.63) is 122 Å². The van der Waals surface area contributed by atoms with Gasteiger partial charge in [0.05, 0.1) is 5.52 Å². The second-order valence-corrected chi connectivity index (χ2v) is 10.3. The largest absolute Gasteiger partial charge is 0.297 e. The van der Waals surface area contributed by atoms with Crippen LogP contribution >= 0.6 is 34.5 Å². The first-order valence-electron chi connectivity index (χ1n) is 11.4. The molecule has 5 rings (SSSR count). The van der Waals surface area contributed by atoms with Crippen LogP contribution in [-0.2, 0) is 11.2 Å². The molecular formula is C29H18Cl2N4O2S. The van der Waals surface area contributed by atoms with Crippen molar-refractivity contribution >= 4 is 68.5 Å². The van der Waals surface area contributed by atoms with Crippen LogP contribution in [0.4, 0.5) is 5.13 Å². The molecule has 186 valence electrons. The summed E-state index contributed by atoms with van der Waals surface area (Å²) in [7, 11) is 0. The average Bonchev–Trinajstić information content (AvgIpc) is 3.53. The highest BCUT2D eigenvalue weighted by Gasteiger charge is 2.17. The minimum Gasteiger partial charge on any atom is -0.297 e. The third-order valence-corrected chi connectivity index (χ3v) is 7.31.